The van der Waals surface area contributed by atoms with E-state index >= 15 is 0 Å². The van der Waals surface area contributed by atoms with Crippen LogP contribution < -0.4 is 10.1 Å². The molecule has 1 heterocycles. The Balaban J connectivity index is 1.82. The molecule has 0 saturated heterocycles. The second-order valence-electron chi connectivity index (χ2n) is 3.84. The fourth-order valence-electron chi connectivity index (χ4n) is 1.66. The maximum Gasteiger partial charge on any atom is 0.387 e. The summed E-state index contributed by atoms with van der Waals surface area (Å²) >= 11 is 1.61. The van der Waals surface area contributed by atoms with Crippen LogP contribution in [0.2, 0.25) is 0 Å². The molecule has 0 spiro atoms. The third-order valence-corrected chi connectivity index (χ3v) is 3.34. The van der Waals surface area contributed by atoms with Crippen molar-refractivity contribution < 1.29 is 13.5 Å². The van der Waals surface area contributed by atoms with E-state index in [1.54, 1.807) is 41.8 Å². The van der Waals surface area contributed by atoms with Gasteiger partial charge < -0.3 is 10.1 Å². The van der Waals surface area contributed by atoms with Gasteiger partial charge in [-0.15, -0.1) is 11.3 Å². The average Bonchev–Trinajstić information content (AvgIpc) is 2.89. The lowest BCUT2D eigenvalue weighted by Gasteiger charge is -2.10. The molecule has 1 aromatic carbocycles. The van der Waals surface area contributed by atoms with Gasteiger partial charge in [-0.05, 0) is 6.07 Å². The summed E-state index contributed by atoms with van der Waals surface area (Å²) in [7, 11) is 0. The van der Waals surface area contributed by atoms with E-state index in [9.17, 15) is 8.78 Å². The zero-order chi connectivity index (χ0) is 13.5. The summed E-state index contributed by atoms with van der Waals surface area (Å²) in [5.74, 6) is 0.222. The van der Waals surface area contributed by atoms with Crippen LogP contribution in [0, 0.1) is 0 Å². The third-order valence-electron chi connectivity index (χ3n) is 2.50. The quantitative estimate of drug-likeness (QED) is 0.793. The van der Waals surface area contributed by atoms with Crippen LogP contribution in [0.3, 0.4) is 0 Å². The van der Waals surface area contributed by atoms with E-state index in [2.05, 4.69) is 15.0 Å². The van der Waals surface area contributed by atoms with Gasteiger partial charge in [0.15, 0.2) is 0 Å². The Hall–Kier alpha value is -1.53. The topological polar surface area (TPSA) is 34.1 Å². The van der Waals surface area contributed by atoms with Crippen LogP contribution in [-0.4, -0.2) is 18.1 Å². The minimum atomic E-state index is -2.79. The second kappa shape index (κ2) is 7.16. The summed E-state index contributed by atoms with van der Waals surface area (Å²) in [4.78, 5) is 4.17. The number of nitrogens with one attached hydrogen (secondary N) is 1. The molecule has 3 nitrogen and oxygen atoms in total. The van der Waals surface area contributed by atoms with Gasteiger partial charge in [-0.1, -0.05) is 18.2 Å². The highest BCUT2D eigenvalue weighted by Gasteiger charge is 2.08. The summed E-state index contributed by atoms with van der Waals surface area (Å²) in [6.07, 6.45) is 2.60. The molecule has 0 aliphatic carbocycles. The molecule has 6 heteroatoms. The standard InChI is InChI=1S/C13H14F2N2OS/c14-13(15)18-11-4-2-1-3-10(11)9-16-6-5-12-17-7-8-19-12/h1-4,7-8,13,16H,5-6,9H2. The van der Waals surface area contributed by atoms with Crippen molar-refractivity contribution >= 4 is 11.3 Å². The number of nitrogens with zero attached hydrogens (tertiary/aromatic N) is 1. The fourth-order valence-corrected chi connectivity index (χ4v) is 2.28. The Kier molecular flexibility index (Phi) is 5.23. The molecule has 0 amide bonds. The predicted molar refractivity (Wildman–Crippen MR) is 70.6 cm³/mol. The number of aromatic nitrogens is 1. The highest BCUT2D eigenvalue weighted by atomic mass is 32.1. The molecule has 0 unspecified atom stereocenters. The molecule has 0 saturated carbocycles. The molecule has 0 bridgehead atoms. The molecule has 0 aliphatic heterocycles. The average molecular weight is 284 g/mol. The van der Waals surface area contributed by atoms with Crippen LogP contribution >= 0.6 is 11.3 Å². The van der Waals surface area contributed by atoms with Gasteiger partial charge in [0.2, 0.25) is 0 Å². The molecule has 0 aliphatic rings. The van der Waals surface area contributed by atoms with Crippen molar-refractivity contribution in [1.29, 1.82) is 0 Å². The molecule has 1 N–H and O–H groups in total. The first-order valence-corrected chi connectivity index (χ1v) is 6.75. The van der Waals surface area contributed by atoms with E-state index < -0.39 is 6.61 Å². The van der Waals surface area contributed by atoms with Crippen molar-refractivity contribution in [2.45, 2.75) is 19.6 Å². The van der Waals surface area contributed by atoms with Crippen molar-refractivity contribution in [2.75, 3.05) is 6.54 Å². The van der Waals surface area contributed by atoms with Crippen LogP contribution in [-0.2, 0) is 13.0 Å². The third kappa shape index (κ3) is 4.57. The summed E-state index contributed by atoms with van der Waals surface area (Å²) in [5, 5.41) is 6.19. The number of ether oxygens (including phenoxy) is 1. The van der Waals surface area contributed by atoms with Crippen LogP contribution in [0.5, 0.6) is 5.75 Å². The number of benzene rings is 1. The number of hydrogen-bond donors (Lipinski definition) is 1. The molecule has 2 rings (SSSR count). The maximum atomic E-state index is 12.2. The molecule has 0 fully saturated rings. The lowest BCUT2D eigenvalue weighted by Crippen LogP contribution is -2.17. The summed E-state index contributed by atoms with van der Waals surface area (Å²) < 4.78 is 28.9. The van der Waals surface area contributed by atoms with Crippen molar-refractivity contribution in [2.24, 2.45) is 0 Å². The summed E-state index contributed by atoms with van der Waals surface area (Å²) in [6, 6.07) is 6.80. The number of hydrogen-bond acceptors (Lipinski definition) is 4. The van der Waals surface area contributed by atoms with Gasteiger partial charge in [-0.25, -0.2) is 4.98 Å². The molecule has 0 radical (unpaired) electrons. The normalized spacial score (nSPS) is 10.9. The van der Waals surface area contributed by atoms with Crippen molar-refractivity contribution in [3.63, 3.8) is 0 Å². The number of alkyl halides is 2. The fraction of sp³-hybridized carbons (Fsp3) is 0.308. The Morgan fingerprint density at radius 1 is 1.32 bits per heavy atom. The zero-order valence-electron chi connectivity index (χ0n) is 10.2. The van der Waals surface area contributed by atoms with Crippen LogP contribution in [0.15, 0.2) is 35.8 Å². The van der Waals surface area contributed by atoms with Gasteiger partial charge >= 0.3 is 6.61 Å². The van der Waals surface area contributed by atoms with Crippen LogP contribution in [0.1, 0.15) is 10.6 Å². The molecular weight excluding hydrogens is 270 g/mol. The molecular formula is C13H14F2N2OS. The zero-order valence-corrected chi connectivity index (χ0v) is 11.0. The Labute approximate surface area is 114 Å². The molecule has 102 valence electrons. The largest absolute Gasteiger partial charge is 0.434 e. The summed E-state index contributed by atoms with van der Waals surface area (Å²) in [5.41, 5.74) is 0.724. The summed E-state index contributed by atoms with van der Waals surface area (Å²) in [6.45, 7) is -1.55. The number of para-hydroxylation sites is 1. The number of thiazole rings is 1. The van der Waals surface area contributed by atoms with E-state index in [1.165, 1.54) is 0 Å². The minimum absolute atomic E-state index is 0.222. The second-order valence-corrected chi connectivity index (χ2v) is 4.82. The van der Waals surface area contributed by atoms with Gasteiger partial charge in [-0.3, -0.25) is 0 Å². The van der Waals surface area contributed by atoms with Crippen LogP contribution in [0.4, 0.5) is 8.78 Å². The van der Waals surface area contributed by atoms with E-state index in [0.29, 0.717) is 6.54 Å². The van der Waals surface area contributed by atoms with E-state index in [4.69, 9.17) is 0 Å². The maximum absolute atomic E-state index is 12.2. The highest BCUT2D eigenvalue weighted by molar-refractivity contribution is 7.09. The Morgan fingerprint density at radius 3 is 2.89 bits per heavy atom. The first-order chi connectivity index (χ1) is 9.25. The van der Waals surface area contributed by atoms with Gasteiger partial charge in [-0.2, -0.15) is 8.78 Å². The smallest absolute Gasteiger partial charge is 0.387 e. The lowest BCUT2D eigenvalue weighted by molar-refractivity contribution is -0.0504. The first-order valence-electron chi connectivity index (χ1n) is 5.87. The van der Waals surface area contributed by atoms with Gasteiger partial charge in [0.05, 0.1) is 5.01 Å². The Bertz CT molecular complexity index is 491. The number of halogens is 2. The Morgan fingerprint density at radius 2 is 2.16 bits per heavy atom. The van der Waals surface area contributed by atoms with Crippen molar-refractivity contribution in [3.8, 4) is 5.75 Å². The van der Waals surface area contributed by atoms with Crippen molar-refractivity contribution in [1.82, 2.24) is 10.3 Å². The molecule has 19 heavy (non-hydrogen) atoms. The first kappa shape index (κ1) is 13.9. The van der Waals surface area contributed by atoms with Crippen LogP contribution in [0.25, 0.3) is 0 Å². The van der Waals surface area contributed by atoms with E-state index in [-0.39, 0.29) is 5.75 Å². The highest BCUT2D eigenvalue weighted by Crippen LogP contribution is 2.19. The van der Waals surface area contributed by atoms with E-state index in [0.717, 1.165) is 23.5 Å². The van der Waals surface area contributed by atoms with Gasteiger partial charge in [0.1, 0.15) is 5.75 Å². The molecule has 0 atom stereocenters. The number of rotatable bonds is 7. The predicted octanol–water partition coefficient (Wildman–Crippen LogP) is 3.08. The molecule has 1 aromatic heterocycles. The van der Waals surface area contributed by atoms with Gasteiger partial charge in [0.25, 0.3) is 0 Å². The van der Waals surface area contributed by atoms with E-state index in [1.807, 2.05) is 5.38 Å². The molecule has 2 aromatic rings. The van der Waals surface area contributed by atoms with Crippen molar-refractivity contribution in [3.05, 3.63) is 46.4 Å². The minimum Gasteiger partial charge on any atom is -0.434 e. The SMILES string of the molecule is FC(F)Oc1ccccc1CNCCc1nccs1. The van der Waals surface area contributed by atoms with Gasteiger partial charge in [0, 0.05) is 36.7 Å². The monoisotopic (exact) mass is 284 g/mol. The lowest BCUT2D eigenvalue weighted by atomic mass is 10.2.